The maximum Gasteiger partial charge on any atom is 0.407 e. The standard InChI is InChI=1S/C27H37N5O6S/c1-27(2,3)37-26(34)31-23(15-18-9-5-4-6-10-18)24(33)17-32(38-19-11-7-8-12-19)39(35,36)20-13-14-21-22(16-20)30-25(28)29-21/h4-6,9-10,13-14,16,19,23-24,33H,7-8,11-12,15,17H2,1-3H3,(H,31,34)(H3,28,29,30)/t23-,24-/m0/s1. The number of aromatic amines is 1. The molecular weight excluding hydrogens is 522 g/mol. The number of H-pyrrole nitrogens is 1. The number of benzene rings is 2. The fourth-order valence-corrected chi connectivity index (χ4v) is 5.86. The highest BCUT2D eigenvalue weighted by Crippen LogP contribution is 2.27. The zero-order valence-electron chi connectivity index (χ0n) is 22.5. The average molecular weight is 560 g/mol. The normalized spacial score (nSPS) is 16.4. The Kier molecular flexibility index (Phi) is 8.80. The summed E-state index contributed by atoms with van der Waals surface area (Å²) in [6.45, 7) is 4.81. The summed E-state index contributed by atoms with van der Waals surface area (Å²) in [5.74, 6) is 0.172. The van der Waals surface area contributed by atoms with E-state index in [0.717, 1.165) is 22.9 Å². The van der Waals surface area contributed by atoms with Gasteiger partial charge in [-0.3, -0.25) is 4.84 Å². The van der Waals surface area contributed by atoms with E-state index in [4.69, 9.17) is 15.3 Å². The highest BCUT2D eigenvalue weighted by Gasteiger charge is 2.35. The second-order valence-corrected chi connectivity index (χ2v) is 12.6. The molecule has 3 aromatic rings. The molecule has 0 unspecified atom stereocenters. The quantitative estimate of drug-likeness (QED) is 0.275. The average Bonchev–Trinajstić information content (AvgIpc) is 3.50. The van der Waals surface area contributed by atoms with Gasteiger partial charge < -0.3 is 25.9 Å². The molecule has 0 aliphatic heterocycles. The van der Waals surface area contributed by atoms with Crippen LogP contribution in [-0.2, 0) is 26.0 Å². The van der Waals surface area contributed by atoms with Crippen LogP contribution in [0.15, 0.2) is 53.4 Å². The first kappa shape index (κ1) is 28.8. The summed E-state index contributed by atoms with van der Waals surface area (Å²) in [7, 11) is -4.21. The van der Waals surface area contributed by atoms with Crippen LogP contribution in [0.2, 0.25) is 0 Å². The second-order valence-electron chi connectivity index (χ2n) is 10.8. The molecule has 0 spiro atoms. The Morgan fingerprint density at radius 2 is 1.90 bits per heavy atom. The van der Waals surface area contributed by atoms with E-state index in [1.165, 1.54) is 12.1 Å². The van der Waals surface area contributed by atoms with Gasteiger partial charge in [0.25, 0.3) is 10.0 Å². The second kappa shape index (κ2) is 11.9. The number of carbonyl (C=O) groups excluding carboxylic acids is 1. The summed E-state index contributed by atoms with van der Waals surface area (Å²) in [6, 6.07) is 12.9. The predicted molar refractivity (Wildman–Crippen MR) is 147 cm³/mol. The number of rotatable bonds is 10. The number of carbonyl (C=O) groups is 1. The van der Waals surface area contributed by atoms with Crippen LogP contribution >= 0.6 is 0 Å². The minimum absolute atomic E-state index is 0.0384. The van der Waals surface area contributed by atoms with E-state index in [9.17, 15) is 18.3 Å². The van der Waals surface area contributed by atoms with Crippen LogP contribution in [0.1, 0.15) is 52.0 Å². The van der Waals surface area contributed by atoms with E-state index in [1.54, 1.807) is 26.8 Å². The largest absolute Gasteiger partial charge is 0.444 e. The summed E-state index contributed by atoms with van der Waals surface area (Å²) < 4.78 is 33.9. The number of sulfonamides is 1. The number of nitrogen functional groups attached to an aromatic ring is 1. The van der Waals surface area contributed by atoms with Gasteiger partial charge in [0.1, 0.15) is 5.60 Å². The van der Waals surface area contributed by atoms with E-state index < -0.39 is 40.4 Å². The lowest BCUT2D eigenvalue weighted by atomic mass is 10.0. The van der Waals surface area contributed by atoms with E-state index in [0.29, 0.717) is 23.9 Å². The van der Waals surface area contributed by atoms with E-state index >= 15 is 0 Å². The topological polar surface area (TPSA) is 160 Å². The smallest absolute Gasteiger partial charge is 0.407 e. The van der Waals surface area contributed by atoms with E-state index in [2.05, 4.69) is 15.3 Å². The first-order chi connectivity index (χ1) is 18.4. The molecule has 1 fully saturated rings. The molecule has 1 aliphatic rings. The Hall–Kier alpha value is -3.19. The molecule has 1 saturated carbocycles. The third kappa shape index (κ3) is 7.69. The number of hydrogen-bond acceptors (Lipinski definition) is 8. The maximum absolute atomic E-state index is 13.8. The summed E-state index contributed by atoms with van der Waals surface area (Å²) in [6.07, 6.45) is 1.19. The summed E-state index contributed by atoms with van der Waals surface area (Å²) in [5.41, 5.74) is 6.82. The number of hydroxylamine groups is 1. The fourth-order valence-electron chi connectivity index (χ4n) is 4.53. The van der Waals surface area contributed by atoms with Crippen molar-refractivity contribution >= 4 is 33.1 Å². The number of aromatic nitrogens is 2. The summed E-state index contributed by atoms with van der Waals surface area (Å²) in [4.78, 5) is 25.6. The van der Waals surface area contributed by atoms with E-state index in [-0.39, 0.29) is 23.4 Å². The SMILES string of the molecule is CC(C)(C)OC(=O)N[C@@H](Cc1ccccc1)[C@@H](O)CN(OC1CCCC1)S(=O)(=O)c1ccc2nc(N)[nH]c2c1. The molecule has 1 heterocycles. The van der Waals surface area contributed by atoms with Crippen LogP contribution in [-0.4, -0.2) is 64.4 Å². The Balaban J connectivity index is 1.61. The van der Waals surface area contributed by atoms with Gasteiger partial charge in [0.05, 0.1) is 40.7 Å². The molecular formula is C27H37N5O6S. The number of hydrogen-bond donors (Lipinski definition) is 4. The molecule has 1 amide bonds. The van der Waals surface area contributed by atoms with Gasteiger partial charge in [0, 0.05) is 0 Å². The minimum atomic E-state index is -4.21. The number of imidazole rings is 1. The lowest BCUT2D eigenvalue weighted by molar-refractivity contribution is -0.145. The summed E-state index contributed by atoms with van der Waals surface area (Å²) >= 11 is 0. The zero-order chi connectivity index (χ0) is 28.2. The number of amides is 1. The number of nitrogens with two attached hydrogens (primary N) is 1. The van der Waals surface area contributed by atoms with Crippen LogP contribution in [0, 0.1) is 0 Å². The summed E-state index contributed by atoms with van der Waals surface area (Å²) in [5, 5.41) is 14.1. The van der Waals surface area contributed by atoms with Crippen LogP contribution in [0.25, 0.3) is 11.0 Å². The first-order valence-electron chi connectivity index (χ1n) is 13.1. The van der Waals surface area contributed by atoms with Crippen LogP contribution in [0.3, 0.4) is 0 Å². The van der Waals surface area contributed by atoms with Crippen molar-refractivity contribution < 1.29 is 27.9 Å². The molecule has 0 bridgehead atoms. The molecule has 212 valence electrons. The van der Waals surface area contributed by atoms with Gasteiger partial charge in [-0.2, -0.15) is 0 Å². The third-order valence-electron chi connectivity index (χ3n) is 6.41. The Morgan fingerprint density at radius 3 is 2.56 bits per heavy atom. The number of aliphatic hydroxyl groups excluding tert-OH is 1. The number of nitrogens with zero attached hydrogens (tertiary/aromatic N) is 2. The van der Waals surface area contributed by atoms with Crippen molar-refractivity contribution in [2.45, 2.75) is 81.6 Å². The van der Waals surface area contributed by atoms with Gasteiger partial charge in [-0.05, 0) is 63.8 Å². The van der Waals surface area contributed by atoms with Gasteiger partial charge in [-0.25, -0.2) is 18.2 Å². The molecule has 11 nitrogen and oxygen atoms in total. The third-order valence-corrected chi connectivity index (χ3v) is 8.03. The lowest BCUT2D eigenvalue weighted by Gasteiger charge is -2.31. The van der Waals surface area contributed by atoms with Gasteiger partial charge >= 0.3 is 6.09 Å². The molecule has 5 N–H and O–H groups in total. The Bertz CT molecular complexity index is 1370. The number of aliphatic hydroxyl groups is 1. The zero-order valence-corrected chi connectivity index (χ0v) is 23.3. The number of fused-ring (bicyclic) bond motifs is 1. The van der Waals surface area contributed by atoms with Gasteiger partial charge in [-0.15, -0.1) is 0 Å². The van der Waals surface area contributed by atoms with Crippen LogP contribution in [0.4, 0.5) is 10.7 Å². The monoisotopic (exact) mass is 559 g/mol. The highest BCUT2D eigenvalue weighted by atomic mass is 32.2. The predicted octanol–water partition coefficient (Wildman–Crippen LogP) is 3.51. The number of nitrogens with one attached hydrogen (secondary N) is 2. The van der Waals surface area contributed by atoms with Crippen molar-refractivity contribution in [1.29, 1.82) is 0 Å². The first-order valence-corrected chi connectivity index (χ1v) is 14.5. The molecule has 4 rings (SSSR count). The maximum atomic E-state index is 13.8. The van der Waals surface area contributed by atoms with Crippen molar-refractivity contribution in [3.8, 4) is 0 Å². The van der Waals surface area contributed by atoms with Crippen molar-refractivity contribution in [3.05, 3.63) is 54.1 Å². The molecule has 1 aliphatic carbocycles. The van der Waals surface area contributed by atoms with Crippen LogP contribution in [0.5, 0.6) is 0 Å². The highest BCUT2D eigenvalue weighted by molar-refractivity contribution is 7.89. The molecule has 0 radical (unpaired) electrons. The molecule has 39 heavy (non-hydrogen) atoms. The lowest BCUT2D eigenvalue weighted by Crippen LogP contribution is -2.51. The van der Waals surface area contributed by atoms with Crippen molar-refractivity contribution in [3.63, 3.8) is 0 Å². The number of ether oxygens (including phenoxy) is 1. The van der Waals surface area contributed by atoms with Crippen molar-refractivity contribution in [2.24, 2.45) is 0 Å². The number of anilines is 1. The molecule has 2 atom stereocenters. The van der Waals surface area contributed by atoms with Gasteiger partial charge in [0.15, 0.2) is 5.95 Å². The Labute approximate surface area is 228 Å². The number of alkyl carbamates (subject to hydrolysis) is 1. The fraction of sp³-hybridized carbons (Fsp3) is 0.481. The van der Waals surface area contributed by atoms with Crippen molar-refractivity contribution in [2.75, 3.05) is 12.3 Å². The molecule has 2 aromatic carbocycles. The van der Waals surface area contributed by atoms with Gasteiger partial charge in [0.2, 0.25) is 0 Å². The molecule has 0 saturated heterocycles. The van der Waals surface area contributed by atoms with Crippen molar-refractivity contribution in [1.82, 2.24) is 19.8 Å². The minimum Gasteiger partial charge on any atom is -0.444 e. The van der Waals surface area contributed by atoms with Crippen LogP contribution < -0.4 is 11.1 Å². The molecule has 1 aromatic heterocycles. The Morgan fingerprint density at radius 1 is 1.21 bits per heavy atom. The van der Waals surface area contributed by atoms with Gasteiger partial charge in [-0.1, -0.05) is 47.6 Å². The molecule has 12 heteroatoms. The van der Waals surface area contributed by atoms with E-state index in [1.807, 2.05) is 30.3 Å².